The highest BCUT2D eigenvalue weighted by molar-refractivity contribution is 7.89. The SMILES string of the molecule is O=C1[C@@H](NS(=O)(=O)c2ccccc2)CCN1c1ccccc1F. The van der Waals surface area contributed by atoms with E-state index in [1.54, 1.807) is 24.3 Å². The molecule has 2 aromatic rings. The van der Waals surface area contributed by atoms with Crippen molar-refractivity contribution in [2.75, 3.05) is 11.4 Å². The van der Waals surface area contributed by atoms with E-state index in [2.05, 4.69) is 4.72 Å². The van der Waals surface area contributed by atoms with Crippen LogP contribution >= 0.6 is 0 Å². The number of nitrogens with zero attached hydrogens (tertiary/aromatic N) is 1. The summed E-state index contributed by atoms with van der Waals surface area (Å²) in [6, 6.07) is 12.9. The van der Waals surface area contributed by atoms with E-state index < -0.39 is 27.8 Å². The van der Waals surface area contributed by atoms with Crippen LogP contribution in [0.5, 0.6) is 0 Å². The maximum Gasteiger partial charge on any atom is 0.245 e. The van der Waals surface area contributed by atoms with Gasteiger partial charge in [-0.2, -0.15) is 4.72 Å². The van der Waals surface area contributed by atoms with Gasteiger partial charge in [-0.3, -0.25) is 4.79 Å². The molecule has 0 bridgehead atoms. The number of carbonyl (C=O) groups excluding carboxylic acids is 1. The number of halogens is 1. The van der Waals surface area contributed by atoms with Gasteiger partial charge in [-0.05, 0) is 30.7 Å². The molecule has 1 N–H and O–H groups in total. The minimum atomic E-state index is -3.78. The molecular weight excluding hydrogens is 319 g/mol. The van der Waals surface area contributed by atoms with Crippen molar-refractivity contribution in [2.24, 2.45) is 0 Å². The Balaban J connectivity index is 1.79. The van der Waals surface area contributed by atoms with Gasteiger partial charge in [-0.1, -0.05) is 30.3 Å². The molecule has 0 spiro atoms. The van der Waals surface area contributed by atoms with E-state index >= 15 is 0 Å². The average Bonchev–Trinajstić information content (AvgIpc) is 2.89. The third-order valence-electron chi connectivity index (χ3n) is 3.70. The summed E-state index contributed by atoms with van der Waals surface area (Å²) < 4.78 is 40.8. The second-order valence-electron chi connectivity index (χ2n) is 5.22. The van der Waals surface area contributed by atoms with Crippen LogP contribution in [0.15, 0.2) is 59.5 Å². The Bertz CT molecular complexity index is 824. The Morgan fingerprint density at radius 3 is 2.39 bits per heavy atom. The molecule has 1 aliphatic heterocycles. The van der Waals surface area contributed by atoms with E-state index in [4.69, 9.17) is 0 Å². The van der Waals surface area contributed by atoms with E-state index in [0.717, 1.165) is 0 Å². The number of nitrogens with one attached hydrogen (secondary N) is 1. The molecule has 3 rings (SSSR count). The van der Waals surface area contributed by atoms with Crippen LogP contribution in [0.4, 0.5) is 10.1 Å². The van der Waals surface area contributed by atoms with Crippen LogP contribution in [0.25, 0.3) is 0 Å². The molecule has 1 aliphatic rings. The second-order valence-corrected chi connectivity index (χ2v) is 6.93. The molecule has 0 aromatic heterocycles. The highest BCUT2D eigenvalue weighted by Gasteiger charge is 2.36. The quantitative estimate of drug-likeness (QED) is 0.929. The first-order valence-electron chi connectivity index (χ1n) is 7.12. The molecule has 23 heavy (non-hydrogen) atoms. The molecule has 1 heterocycles. The number of carbonyl (C=O) groups is 1. The van der Waals surface area contributed by atoms with Crippen molar-refractivity contribution in [1.82, 2.24) is 4.72 Å². The third-order valence-corrected chi connectivity index (χ3v) is 5.19. The van der Waals surface area contributed by atoms with Crippen LogP contribution in [0.2, 0.25) is 0 Å². The number of hydrogen-bond acceptors (Lipinski definition) is 3. The third kappa shape index (κ3) is 3.11. The summed E-state index contributed by atoms with van der Waals surface area (Å²) in [6.45, 7) is 0.266. The van der Waals surface area contributed by atoms with Gasteiger partial charge < -0.3 is 4.90 Å². The summed E-state index contributed by atoms with van der Waals surface area (Å²) in [7, 11) is -3.78. The molecule has 0 saturated carbocycles. The molecule has 1 atom stereocenters. The zero-order valence-electron chi connectivity index (χ0n) is 12.1. The number of para-hydroxylation sites is 1. The summed E-state index contributed by atoms with van der Waals surface area (Å²) in [5, 5.41) is 0. The fraction of sp³-hybridized carbons (Fsp3) is 0.188. The fourth-order valence-corrected chi connectivity index (χ4v) is 3.80. The van der Waals surface area contributed by atoms with Gasteiger partial charge in [0.1, 0.15) is 11.9 Å². The average molecular weight is 334 g/mol. The van der Waals surface area contributed by atoms with Crippen molar-refractivity contribution in [3.05, 3.63) is 60.4 Å². The Labute approximate surface area is 133 Å². The lowest BCUT2D eigenvalue weighted by molar-refractivity contribution is -0.118. The zero-order chi connectivity index (χ0) is 16.4. The van der Waals surface area contributed by atoms with E-state index in [-0.39, 0.29) is 17.1 Å². The first-order chi connectivity index (χ1) is 11.0. The number of amides is 1. The lowest BCUT2D eigenvalue weighted by Crippen LogP contribution is -2.41. The summed E-state index contributed by atoms with van der Waals surface area (Å²) in [5.41, 5.74) is 0.166. The largest absolute Gasteiger partial charge is 0.308 e. The first kappa shape index (κ1) is 15.6. The Morgan fingerprint density at radius 1 is 1.04 bits per heavy atom. The van der Waals surface area contributed by atoms with Gasteiger partial charge in [0.2, 0.25) is 15.9 Å². The van der Waals surface area contributed by atoms with Crippen LogP contribution in [0, 0.1) is 5.82 Å². The zero-order valence-corrected chi connectivity index (χ0v) is 13.0. The van der Waals surface area contributed by atoms with Gasteiger partial charge in [-0.15, -0.1) is 0 Å². The second kappa shape index (κ2) is 6.10. The summed E-state index contributed by atoms with van der Waals surface area (Å²) in [4.78, 5) is 13.8. The lowest BCUT2D eigenvalue weighted by atomic mass is 10.2. The number of rotatable bonds is 4. The summed E-state index contributed by atoms with van der Waals surface area (Å²) in [5.74, 6) is -0.956. The fourth-order valence-electron chi connectivity index (χ4n) is 2.55. The standard InChI is InChI=1S/C16H15FN2O3S/c17-13-8-4-5-9-15(13)19-11-10-14(16(19)20)18-23(21,22)12-6-2-1-3-7-12/h1-9,14,18H,10-11H2/t14-/m0/s1. The molecular formula is C16H15FN2O3S. The molecule has 0 aliphatic carbocycles. The summed E-state index contributed by atoms with van der Waals surface area (Å²) >= 11 is 0. The molecule has 1 amide bonds. The monoisotopic (exact) mass is 334 g/mol. The molecule has 1 saturated heterocycles. The Kier molecular flexibility index (Phi) is 4.14. The molecule has 0 unspecified atom stereocenters. The highest BCUT2D eigenvalue weighted by atomic mass is 32.2. The smallest absolute Gasteiger partial charge is 0.245 e. The van der Waals surface area contributed by atoms with Crippen molar-refractivity contribution in [2.45, 2.75) is 17.4 Å². The van der Waals surface area contributed by atoms with Crippen LogP contribution < -0.4 is 9.62 Å². The number of anilines is 1. The van der Waals surface area contributed by atoms with Crippen molar-refractivity contribution in [1.29, 1.82) is 0 Å². The van der Waals surface area contributed by atoms with Crippen molar-refractivity contribution in [3.63, 3.8) is 0 Å². The molecule has 0 radical (unpaired) electrons. The number of hydrogen-bond donors (Lipinski definition) is 1. The molecule has 120 valence electrons. The number of benzene rings is 2. The van der Waals surface area contributed by atoms with Crippen LogP contribution in [0.1, 0.15) is 6.42 Å². The van der Waals surface area contributed by atoms with Gasteiger partial charge in [0, 0.05) is 6.54 Å². The molecule has 7 heteroatoms. The van der Waals surface area contributed by atoms with E-state index in [1.807, 2.05) is 0 Å². The first-order valence-corrected chi connectivity index (χ1v) is 8.60. The van der Waals surface area contributed by atoms with Crippen LogP contribution in [-0.4, -0.2) is 26.9 Å². The topological polar surface area (TPSA) is 66.5 Å². The van der Waals surface area contributed by atoms with Crippen molar-refractivity contribution < 1.29 is 17.6 Å². The van der Waals surface area contributed by atoms with Crippen LogP contribution in [-0.2, 0) is 14.8 Å². The van der Waals surface area contributed by atoms with Crippen LogP contribution in [0.3, 0.4) is 0 Å². The van der Waals surface area contributed by atoms with Gasteiger partial charge in [0.25, 0.3) is 0 Å². The molecule has 2 aromatic carbocycles. The van der Waals surface area contributed by atoms with Crippen molar-refractivity contribution in [3.8, 4) is 0 Å². The molecule has 1 fully saturated rings. The van der Waals surface area contributed by atoms with E-state index in [9.17, 15) is 17.6 Å². The minimum Gasteiger partial charge on any atom is -0.308 e. The minimum absolute atomic E-state index is 0.0946. The molecule has 5 nitrogen and oxygen atoms in total. The lowest BCUT2D eigenvalue weighted by Gasteiger charge is -2.18. The predicted octanol–water partition coefficient (Wildman–Crippen LogP) is 1.91. The van der Waals surface area contributed by atoms with Gasteiger partial charge in [0.15, 0.2) is 0 Å². The Morgan fingerprint density at radius 2 is 1.70 bits per heavy atom. The maximum atomic E-state index is 13.8. The van der Waals surface area contributed by atoms with Gasteiger partial charge in [-0.25, -0.2) is 12.8 Å². The van der Waals surface area contributed by atoms with Gasteiger partial charge >= 0.3 is 0 Å². The predicted molar refractivity (Wildman–Crippen MR) is 83.9 cm³/mol. The number of sulfonamides is 1. The van der Waals surface area contributed by atoms with Gasteiger partial charge in [0.05, 0.1) is 10.6 Å². The van der Waals surface area contributed by atoms with E-state index in [0.29, 0.717) is 6.42 Å². The maximum absolute atomic E-state index is 13.8. The van der Waals surface area contributed by atoms with E-state index in [1.165, 1.54) is 35.2 Å². The normalized spacial score (nSPS) is 18.4. The van der Waals surface area contributed by atoms with Crippen molar-refractivity contribution >= 4 is 21.6 Å². The highest BCUT2D eigenvalue weighted by Crippen LogP contribution is 2.25. The summed E-state index contributed by atoms with van der Waals surface area (Å²) in [6.07, 6.45) is 0.291. The Hall–Kier alpha value is -2.25.